The Balaban J connectivity index is 1.99. The predicted molar refractivity (Wildman–Crippen MR) is 69.8 cm³/mol. The maximum atomic E-state index is 11.8. The Morgan fingerprint density at radius 3 is 2.94 bits per heavy atom. The molecule has 0 saturated carbocycles. The average Bonchev–Trinajstić information content (AvgIpc) is 2.62. The van der Waals surface area contributed by atoms with Crippen LogP contribution in [0.25, 0.3) is 0 Å². The molecule has 0 bridgehead atoms. The molecule has 0 saturated heterocycles. The molecule has 2 heterocycles. The zero-order valence-corrected chi connectivity index (χ0v) is 11.4. The number of carbonyl (C=O) groups is 2. The summed E-state index contributed by atoms with van der Waals surface area (Å²) in [6, 6.07) is 1.38. The number of ether oxygens (including phenoxy) is 1. The van der Waals surface area contributed by atoms with E-state index in [2.05, 4.69) is 10.6 Å². The molecule has 0 fully saturated rings. The van der Waals surface area contributed by atoms with Crippen LogP contribution in [0.3, 0.4) is 0 Å². The summed E-state index contributed by atoms with van der Waals surface area (Å²) in [6.07, 6.45) is -0.0643. The minimum Gasteiger partial charge on any atom is -0.444 e. The number of hydrogen-bond donors (Lipinski definition) is 2. The van der Waals surface area contributed by atoms with E-state index >= 15 is 0 Å². The van der Waals surface area contributed by atoms with E-state index in [9.17, 15) is 9.59 Å². The SMILES string of the molecule is CC(C)(C)OC(=O)N[C@@H]1Cc2ccsc2NC1=O. The van der Waals surface area contributed by atoms with E-state index in [4.69, 9.17) is 4.74 Å². The first-order valence-electron chi connectivity index (χ1n) is 5.72. The number of thiophene rings is 1. The molecule has 0 spiro atoms. The molecule has 0 aromatic carbocycles. The van der Waals surface area contributed by atoms with E-state index in [-0.39, 0.29) is 5.91 Å². The number of rotatable bonds is 1. The van der Waals surface area contributed by atoms with E-state index in [1.54, 1.807) is 20.8 Å². The van der Waals surface area contributed by atoms with Gasteiger partial charge >= 0.3 is 6.09 Å². The van der Waals surface area contributed by atoms with Crippen molar-refractivity contribution in [3.05, 3.63) is 17.0 Å². The van der Waals surface area contributed by atoms with Gasteiger partial charge in [0.05, 0.1) is 5.00 Å². The van der Waals surface area contributed by atoms with Gasteiger partial charge in [0.15, 0.2) is 0 Å². The number of hydrogen-bond acceptors (Lipinski definition) is 4. The van der Waals surface area contributed by atoms with Gasteiger partial charge in [-0.15, -0.1) is 11.3 Å². The highest BCUT2D eigenvalue weighted by Gasteiger charge is 2.29. The fourth-order valence-corrected chi connectivity index (χ4v) is 2.51. The van der Waals surface area contributed by atoms with Gasteiger partial charge in [-0.1, -0.05) is 0 Å². The normalized spacial score (nSPS) is 18.8. The molecule has 18 heavy (non-hydrogen) atoms. The highest BCUT2D eigenvalue weighted by atomic mass is 32.1. The van der Waals surface area contributed by atoms with Gasteiger partial charge < -0.3 is 15.4 Å². The first kappa shape index (κ1) is 12.9. The van der Waals surface area contributed by atoms with Crippen LogP contribution in [-0.2, 0) is 16.0 Å². The highest BCUT2D eigenvalue weighted by Crippen LogP contribution is 2.28. The molecule has 1 atom stereocenters. The zero-order valence-electron chi connectivity index (χ0n) is 10.6. The van der Waals surface area contributed by atoms with Crippen LogP contribution >= 0.6 is 11.3 Å². The van der Waals surface area contributed by atoms with Crippen molar-refractivity contribution in [1.29, 1.82) is 0 Å². The van der Waals surface area contributed by atoms with Gasteiger partial charge in [0.1, 0.15) is 11.6 Å². The van der Waals surface area contributed by atoms with Crippen molar-refractivity contribution >= 4 is 28.3 Å². The molecular weight excluding hydrogens is 252 g/mol. The number of anilines is 1. The summed E-state index contributed by atoms with van der Waals surface area (Å²) in [7, 11) is 0. The lowest BCUT2D eigenvalue weighted by molar-refractivity contribution is -0.118. The molecule has 1 aliphatic heterocycles. The standard InChI is InChI=1S/C12H16N2O3S/c1-12(2,3)17-11(16)13-8-6-7-4-5-18-10(7)14-9(8)15/h4-5,8H,6H2,1-3H3,(H,13,16)(H,14,15)/t8-/m1/s1. The minimum absolute atomic E-state index is 0.198. The Hall–Kier alpha value is -1.56. The molecule has 6 heteroatoms. The number of amides is 2. The fourth-order valence-electron chi connectivity index (χ4n) is 1.68. The lowest BCUT2D eigenvalue weighted by Crippen LogP contribution is -2.48. The number of carbonyl (C=O) groups excluding carboxylic acids is 2. The van der Waals surface area contributed by atoms with Crippen molar-refractivity contribution < 1.29 is 14.3 Å². The van der Waals surface area contributed by atoms with Crippen molar-refractivity contribution in [2.75, 3.05) is 5.32 Å². The number of alkyl carbamates (subject to hydrolysis) is 1. The van der Waals surface area contributed by atoms with Crippen LogP contribution < -0.4 is 10.6 Å². The summed E-state index contributed by atoms with van der Waals surface area (Å²) in [5.74, 6) is -0.198. The maximum Gasteiger partial charge on any atom is 0.408 e. The Morgan fingerprint density at radius 1 is 1.56 bits per heavy atom. The minimum atomic E-state index is -0.568. The van der Waals surface area contributed by atoms with Gasteiger partial charge in [0.25, 0.3) is 0 Å². The largest absolute Gasteiger partial charge is 0.444 e. The molecule has 1 aromatic rings. The van der Waals surface area contributed by atoms with Crippen LogP contribution in [0.4, 0.5) is 9.80 Å². The Morgan fingerprint density at radius 2 is 2.28 bits per heavy atom. The lowest BCUT2D eigenvalue weighted by Gasteiger charge is -2.25. The second kappa shape index (κ2) is 4.61. The van der Waals surface area contributed by atoms with Crippen molar-refractivity contribution in [3.8, 4) is 0 Å². The van der Waals surface area contributed by atoms with Crippen LogP contribution in [0.5, 0.6) is 0 Å². The maximum absolute atomic E-state index is 11.8. The summed E-state index contributed by atoms with van der Waals surface area (Å²) in [6.45, 7) is 5.35. The lowest BCUT2D eigenvalue weighted by atomic mass is 10.0. The van der Waals surface area contributed by atoms with Gasteiger partial charge in [0, 0.05) is 6.42 Å². The summed E-state index contributed by atoms with van der Waals surface area (Å²) < 4.78 is 5.13. The van der Waals surface area contributed by atoms with E-state index in [1.807, 2.05) is 11.4 Å². The van der Waals surface area contributed by atoms with Gasteiger partial charge in [0.2, 0.25) is 5.91 Å². The smallest absolute Gasteiger partial charge is 0.408 e. The van der Waals surface area contributed by atoms with Crippen LogP contribution in [0, 0.1) is 0 Å². The van der Waals surface area contributed by atoms with Gasteiger partial charge in [-0.3, -0.25) is 4.79 Å². The summed E-state index contributed by atoms with van der Waals surface area (Å²) >= 11 is 1.48. The first-order chi connectivity index (χ1) is 8.35. The zero-order chi connectivity index (χ0) is 13.3. The van der Waals surface area contributed by atoms with Crippen molar-refractivity contribution in [3.63, 3.8) is 0 Å². The van der Waals surface area contributed by atoms with Crippen molar-refractivity contribution in [1.82, 2.24) is 5.32 Å². The molecule has 5 nitrogen and oxygen atoms in total. The van der Waals surface area contributed by atoms with Gasteiger partial charge in [-0.25, -0.2) is 4.79 Å². The molecule has 0 aliphatic carbocycles. The molecule has 0 radical (unpaired) electrons. The third kappa shape index (κ3) is 3.01. The van der Waals surface area contributed by atoms with E-state index in [1.165, 1.54) is 11.3 Å². The summed E-state index contributed by atoms with van der Waals surface area (Å²) in [5, 5.41) is 8.14. The van der Waals surface area contributed by atoms with Gasteiger partial charge in [-0.05, 0) is 37.8 Å². The monoisotopic (exact) mass is 268 g/mol. The second-order valence-electron chi connectivity index (χ2n) is 5.17. The Bertz CT molecular complexity index is 476. The van der Waals surface area contributed by atoms with Crippen LogP contribution in [0.2, 0.25) is 0 Å². The van der Waals surface area contributed by atoms with E-state index < -0.39 is 17.7 Å². The van der Waals surface area contributed by atoms with Crippen molar-refractivity contribution in [2.24, 2.45) is 0 Å². The van der Waals surface area contributed by atoms with E-state index in [0.717, 1.165) is 10.6 Å². The summed E-state index contributed by atoms with van der Waals surface area (Å²) in [4.78, 5) is 23.4. The molecule has 98 valence electrons. The molecule has 0 unspecified atom stereocenters. The molecule has 2 amide bonds. The van der Waals surface area contributed by atoms with Crippen molar-refractivity contribution in [2.45, 2.75) is 38.8 Å². The third-order valence-corrected chi connectivity index (χ3v) is 3.29. The predicted octanol–water partition coefficient (Wildman–Crippen LogP) is 2.14. The van der Waals surface area contributed by atoms with E-state index in [0.29, 0.717) is 6.42 Å². The van der Waals surface area contributed by atoms with Crippen LogP contribution in [0.1, 0.15) is 26.3 Å². The number of fused-ring (bicyclic) bond motifs is 1. The average molecular weight is 268 g/mol. The van der Waals surface area contributed by atoms with Crippen LogP contribution in [-0.4, -0.2) is 23.6 Å². The Labute approximate surface area is 110 Å². The second-order valence-corrected chi connectivity index (χ2v) is 6.08. The third-order valence-electron chi connectivity index (χ3n) is 2.41. The summed E-state index contributed by atoms with van der Waals surface area (Å²) in [5.41, 5.74) is 0.476. The molecule has 1 aromatic heterocycles. The quantitative estimate of drug-likeness (QED) is 0.820. The van der Waals surface area contributed by atoms with Crippen LogP contribution in [0.15, 0.2) is 11.4 Å². The molecular formula is C12H16N2O3S. The molecule has 2 N–H and O–H groups in total. The first-order valence-corrected chi connectivity index (χ1v) is 6.60. The Kier molecular flexibility index (Phi) is 3.30. The fraction of sp³-hybridized carbons (Fsp3) is 0.500. The van der Waals surface area contributed by atoms with Gasteiger partial charge in [-0.2, -0.15) is 0 Å². The number of nitrogens with one attached hydrogen (secondary N) is 2. The molecule has 1 aliphatic rings. The molecule has 2 rings (SSSR count). The topological polar surface area (TPSA) is 67.4 Å². The highest BCUT2D eigenvalue weighted by molar-refractivity contribution is 7.14.